The van der Waals surface area contributed by atoms with Gasteiger partial charge in [0.1, 0.15) is 0 Å². The summed E-state index contributed by atoms with van der Waals surface area (Å²) in [5.74, 6) is 2.81. The molecule has 1 aliphatic rings. The van der Waals surface area contributed by atoms with E-state index in [0.717, 1.165) is 38.1 Å². The maximum atomic E-state index is 5.48. The topological polar surface area (TPSA) is 81.1 Å². The molecule has 0 radical (unpaired) electrons. The van der Waals surface area contributed by atoms with Gasteiger partial charge < -0.3 is 9.05 Å². The second kappa shape index (κ2) is 7.78. The molecule has 1 fully saturated rings. The van der Waals surface area contributed by atoms with Crippen LogP contribution in [-0.4, -0.2) is 31.7 Å². The van der Waals surface area contributed by atoms with E-state index in [2.05, 4.69) is 37.3 Å². The second-order valence-electron chi connectivity index (χ2n) is 6.65. The lowest BCUT2D eigenvalue weighted by atomic mass is 10.0. The van der Waals surface area contributed by atoms with Crippen molar-refractivity contribution < 1.29 is 9.05 Å². The molecular weight excluding hydrogens is 330 g/mol. The lowest BCUT2D eigenvalue weighted by molar-refractivity contribution is 0.0985. The number of piperidine rings is 1. The fraction of sp³-hybridized carbons (Fsp3) is 0.474. The van der Waals surface area contributed by atoms with E-state index in [-0.39, 0.29) is 6.04 Å². The molecule has 1 aromatic carbocycles. The summed E-state index contributed by atoms with van der Waals surface area (Å²) in [5.41, 5.74) is 1.17. The van der Waals surface area contributed by atoms with Crippen LogP contribution in [0.15, 0.2) is 39.4 Å². The fourth-order valence-corrected chi connectivity index (χ4v) is 3.38. The number of hydrogen-bond acceptors (Lipinski definition) is 7. The Morgan fingerprint density at radius 3 is 2.69 bits per heavy atom. The molecule has 0 N–H and O–H groups in total. The average molecular weight is 353 g/mol. The Morgan fingerprint density at radius 2 is 1.88 bits per heavy atom. The van der Waals surface area contributed by atoms with Gasteiger partial charge in [-0.1, -0.05) is 54.0 Å². The van der Waals surface area contributed by atoms with Gasteiger partial charge in [-0.15, -0.1) is 0 Å². The van der Waals surface area contributed by atoms with E-state index >= 15 is 0 Å². The molecule has 136 valence electrons. The molecule has 2 aromatic heterocycles. The highest BCUT2D eigenvalue weighted by atomic mass is 16.5. The molecular formula is C19H23N5O2. The van der Waals surface area contributed by atoms with Gasteiger partial charge in [-0.05, 0) is 24.9 Å². The van der Waals surface area contributed by atoms with E-state index in [0.29, 0.717) is 30.6 Å². The number of hydrogen-bond donors (Lipinski definition) is 0. The first-order valence-electron chi connectivity index (χ1n) is 9.23. The average Bonchev–Trinajstić information content (AvgIpc) is 3.33. The Bertz CT molecular complexity index is 829. The highest BCUT2D eigenvalue weighted by Crippen LogP contribution is 2.31. The number of nitrogens with zero attached hydrogens (tertiary/aromatic N) is 5. The summed E-state index contributed by atoms with van der Waals surface area (Å²) in [6, 6.07) is 10.3. The maximum absolute atomic E-state index is 5.48. The van der Waals surface area contributed by atoms with Gasteiger partial charge in [0.15, 0.2) is 11.6 Å². The van der Waals surface area contributed by atoms with Crippen LogP contribution >= 0.6 is 0 Å². The first kappa shape index (κ1) is 16.9. The van der Waals surface area contributed by atoms with Gasteiger partial charge in [0.25, 0.3) is 0 Å². The zero-order valence-electron chi connectivity index (χ0n) is 15.0. The molecule has 0 spiro atoms. The van der Waals surface area contributed by atoms with Crippen molar-refractivity contribution in [1.82, 2.24) is 25.2 Å². The van der Waals surface area contributed by atoms with Gasteiger partial charge >= 0.3 is 0 Å². The van der Waals surface area contributed by atoms with Crippen molar-refractivity contribution in [2.24, 2.45) is 0 Å². The predicted molar refractivity (Wildman–Crippen MR) is 94.2 cm³/mol. The molecule has 0 bridgehead atoms. The first-order valence-corrected chi connectivity index (χ1v) is 9.23. The van der Waals surface area contributed by atoms with Gasteiger partial charge in [0.2, 0.25) is 11.8 Å². The van der Waals surface area contributed by atoms with Gasteiger partial charge in [-0.2, -0.15) is 9.97 Å². The smallest absolute Gasteiger partial charge is 0.244 e. The van der Waals surface area contributed by atoms with Gasteiger partial charge in [0, 0.05) is 12.8 Å². The highest BCUT2D eigenvalue weighted by Gasteiger charge is 2.30. The quantitative estimate of drug-likeness (QED) is 0.672. The van der Waals surface area contributed by atoms with Crippen LogP contribution in [0.1, 0.15) is 61.2 Å². The molecule has 3 heterocycles. The summed E-state index contributed by atoms with van der Waals surface area (Å²) in [4.78, 5) is 11.4. The van der Waals surface area contributed by atoms with Gasteiger partial charge in [-0.3, -0.25) is 4.90 Å². The van der Waals surface area contributed by atoms with E-state index in [1.54, 1.807) is 0 Å². The summed E-state index contributed by atoms with van der Waals surface area (Å²) in [5, 5.41) is 8.17. The van der Waals surface area contributed by atoms with Crippen LogP contribution in [0.2, 0.25) is 0 Å². The van der Waals surface area contributed by atoms with Crippen LogP contribution in [-0.2, 0) is 19.4 Å². The molecule has 1 aliphatic heterocycles. The van der Waals surface area contributed by atoms with Gasteiger partial charge in [-0.25, -0.2) is 0 Å². The number of likely N-dealkylation sites (tertiary alicyclic amines) is 1. The van der Waals surface area contributed by atoms with Crippen LogP contribution in [0.4, 0.5) is 0 Å². The molecule has 1 unspecified atom stereocenters. The number of rotatable bonds is 6. The molecule has 0 amide bonds. The number of aryl methyl sites for hydroxylation is 1. The van der Waals surface area contributed by atoms with Crippen LogP contribution in [0.5, 0.6) is 0 Å². The second-order valence-corrected chi connectivity index (χ2v) is 6.65. The van der Waals surface area contributed by atoms with Crippen LogP contribution in [0.3, 0.4) is 0 Å². The Labute approximate surface area is 152 Å². The van der Waals surface area contributed by atoms with E-state index < -0.39 is 0 Å². The third-order valence-electron chi connectivity index (χ3n) is 4.75. The molecule has 1 saturated heterocycles. The molecule has 7 heteroatoms. The van der Waals surface area contributed by atoms with Crippen molar-refractivity contribution in [3.8, 4) is 0 Å². The SMILES string of the molecule is CCc1noc(C2CCCCN2Cc2nc(Cc3ccccc3)no2)n1. The lowest BCUT2D eigenvalue weighted by Crippen LogP contribution is -2.33. The largest absolute Gasteiger partial charge is 0.338 e. The summed E-state index contributed by atoms with van der Waals surface area (Å²) in [6.07, 6.45) is 4.78. The molecule has 1 atom stereocenters. The monoisotopic (exact) mass is 353 g/mol. The van der Waals surface area contributed by atoms with Crippen molar-refractivity contribution in [3.05, 3.63) is 59.3 Å². The standard InChI is InChI=1S/C19H23N5O2/c1-2-16-21-19(26-22-16)15-10-6-7-11-24(15)13-18-20-17(23-25-18)12-14-8-4-3-5-9-14/h3-5,8-9,15H,2,6-7,10-13H2,1H3. The van der Waals surface area contributed by atoms with Crippen molar-refractivity contribution in [3.63, 3.8) is 0 Å². The van der Waals surface area contributed by atoms with E-state index in [1.165, 1.54) is 5.56 Å². The lowest BCUT2D eigenvalue weighted by Gasteiger charge is -2.31. The zero-order valence-corrected chi connectivity index (χ0v) is 15.0. The summed E-state index contributed by atoms with van der Waals surface area (Å²) in [7, 11) is 0. The number of benzene rings is 1. The maximum Gasteiger partial charge on any atom is 0.244 e. The normalized spacial score (nSPS) is 18.3. The highest BCUT2D eigenvalue weighted by molar-refractivity contribution is 5.18. The third-order valence-corrected chi connectivity index (χ3v) is 4.75. The minimum absolute atomic E-state index is 0.126. The van der Waals surface area contributed by atoms with Crippen LogP contribution in [0.25, 0.3) is 0 Å². The Balaban J connectivity index is 1.45. The molecule has 7 nitrogen and oxygen atoms in total. The van der Waals surface area contributed by atoms with Crippen molar-refractivity contribution in [1.29, 1.82) is 0 Å². The summed E-state index contributed by atoms with van der Waals surface area (Å²) >= 11 is 0. The minimum atomic E-state index is 0.126. The Hall–Kier alpha value is -2.54. The van der Waals surface area contributed by atoms with Gasteiger partial charge in [0.05, 0.1) is 12.6 Å². The first-order chi connectivity index (χ1) is 12.8. The van der Waals surface area contributed by atoms with Crippen molar-refractivity contribution in [2.45, 2.75) is 51.6 Å². The minimum Gasteiger partial charge on any atom is -0.338 e. The molecule has 26 heavy (non-hydrogen) atoms. The molecule has 0 saturated carbocycles. The predicted octanol–water partition coefficient (Wildman–Crippen LogP) is 3.33. The van der Waals surface area contributed by atoms with E-state index in [4.69, 9.17) is 9.05 Å². The van der Waals surface area contributed by atoms with Crippen LogP contribution < -0.4 is 0 Å². The molecule has 0 aliphatic carbocycles. The molecule has 3 aromatic rings. The number of aromatic nitrogens is 4. The van der Waals surface area contributed by atoms with Crippen molar-refractivity contribution >= 4 is 0 Å². The zero-order chi connectivity index (χ0) is 17.8. The third kappa shape index (κ3) is 3.83. The van der Waals surface area contributed by atoms with Crippen molar-refractivity contribution in [2.75, 3.05) is 6.54 Å². The fourth-order valence-electron chi connectivity index (χ4n) is 3.38. The van der Waals surface area contributed by atoms with E-state index in [1.807, 2.05) is 25.1 Å². The Morgan fingerprint density at radius 1 is 1.04 bits per heavy atom. The molecule has 4 rings (SSSR count). The van der Waals surface area contributed by atoms with E-state index in [9.17, 15) is 0 Å². The summed E-state index contributed by atoms with van der Waals surface area (Å²) in [6.45, 7) is 3.60. The summed E-state index contributed by atoms with van der Waals surface area (Å²) < 4.78 is 11.0. The Kier molecular flexibility index (Phi) is 5.06. The van der Waals surface area contributed by atoms with Crippen LogP contribution in [0, 0.1) is 0 Å².